The number of hydroxylamine groups is 1. The largest absolute Gasteiger partial charge is 0.340 e. The van der Waals surface area contributed by atoms with Gasteiger partial charge in [0.2, 0.25) is 5.95 Å². The Bertz CT molecular complexity index is 575. The second-order valence-electron chi connectivity index (χ2n) is 7.38. The van der Waals surface area contributed by atoms with E-state index in [1.807, 2.05) is 0 Å². The quantitative estimate of drug-likeness (QED) is 0.555. The minimum absolute atomic E-state index is 0.262. The van der Waals surface area contributed by atoms with E-state index >= 15 is 0 Å². The van der Waals surface area contributed by atoms with Gasteiger partial charge < -0.3 is 10.2 Å². The summed E-state index contributed by atoms with van der Waals surface area (Å²) in [7, 11) is 0. The van der Waals surface area contributed by atoms with E-state index in [-0.39, 0.29) is 5.56 Å². The summed E-state index contributed by atoms with van der Waals surface area (Å²) in [6, 6.07) is 0.669. The van der Waals surface area contributed by atoms with Crippen LogP contribution in [-0.4, -0.2) is 46.8 Å². The van der Waals surface area contributed by atoms with Crippen LogP contribution in [0.25, 0.3) is 0 Å². The van der Waals surface area contributed by atoms with Crippen molar-refractivity contribution in [2.45, 2.75) is 38.1 Å². The fourth-order valence-electron chi connectivity index (χ4n) is 4.35. The van der Waals surface area contributed by atoms with Crippen LogP contribution in [0.15, 0.2) is 12.4 Å². The van der Waals surface area contributed by atoms with Crippen molar-refractivity contribution >= 4 is 11.9 Å². The van der Waals surface area contributed by atoms with Crippen LogP contribution < -0.4 is 15.7 Å². The molecular weight excluding hydrogens is 306 g/mol. The van der Waals surface area contributed by atoms with Gasteiger partial charge in [0.1, 0.15) is 0 Å². The lowest BCUT2D eigenvalue weighted by molar-refractivity contribution is 0.0705. The number of carbonyl (C=O) groups excluding carboxylic acids is 1. The van der Waals surface area contributed by atoms with Crippen molar-refractivity contribution in [2.75, 3.05) is 24.5 Å². The molecular formula is C17H25N5O2. The van der Waals surface area contributed by atoms with Gasteiger partial charge in [0.25, 0.3) is 5.91 Å². The molecule has 130 valence electrons. The van der Waals surface area contributed by atoms with Crippen molar-refractivity contribution in [3.05, 3.63) is 18.0 Å². The summed E-state index contributed by atoms with van der Waals surface area (Å²) < 4.78 is 0. The summed E-state index contributed by atoms with van der Waals surface area (Å²) in [5.41, 5.74) is 1.85. The number of nitrogens with zero attached hydrogens (tertiary/aromatic N) is 3. The van der Waals surface area contributed by atoms with Gasteiger partial charge in [-0.05, 0) is 37.1 Å². The number of rotatable bonds is 5. The van der Waals surface area contributed by atoms with Crippen LogP contribution in [0.1, 0.15) is 42.5 Å². The van der Waals surface area contributed by atoms with Crippen molar-refractivity contribution in [1.29, 1.82) is 0 Å². The number of nitrogens with one attached hydrogen (secondary N) is 2. The molecule has 1 amide bonds. The lowest BCUT2D eigenvalue weighted by Crippen LogP contribution is -2.34. The molecule has 2 heterocycles. The van der Waals surface area contributed by atoms with Gasteiger partial charge in [0, 0.05) is 31.5 Å². The van der Waals surface area contributed by atoms with E-state index in [1.165, 1.54) is 51.0 Å². The average molecular weight is 331 g/mol. The fraction of sp³-hybridized carbons (Fsp3) is 0.706. The highest BCUT2D eigenvalue weighted by Crippen LogP contribution is 2.46. The van der Waals surface area contributed by atoms with Crippen LogP contribution >= 0.6 is 0 Å². The molecule has 1 aromatic heterocycles. The number of fused-ring (bicyclic) bond motifs is 1. The van der Waals surface area contributed by atoms with E-state index in [2.05, 4.69) is 20.2 Å². The second kappa shape index (κ2) is 6.64. The molecule has 2 saturated carbocycles. The number of piperidine rings is 1. The minimum atomic E-state index is -0.585. The van der Waals surface area contributed by atoms with Gasteiger partial charge in [0.15, 0.2) is 0 Å². The van der Waals surface area contributed by atoms with Gasteiger partial charge in [-0.2, -0.15) is 0 Å². The van der Waals surface area contributed by atoms with Crippen LogP contribution in [0.3, 0.4) is 0 Å². The van der Waals surface area contributed by atoms with Crippen LogP contribution in [0.5, 0.6) is 0 Å². The van der Waals surface area contributed by atoms with Crippen LogP contribution in [0.2, 0.25) is 0 Å². The SMILES string of the molecule is O=C(NO)c1cnc(N2C[C@@H]3C(NCC4CCCCC4)[C@@H]3C2)nc1. The molecule has 1 aliphatic heterocycles. The van der Waals surface area contributed by atoms with Gasteiger partial charge in [-0.1, -0.05) is 19.3 Å². The minimum Gasteiger partial charge on any atom is -0.340 e. The lowest BCUT2D eigenvalue weighted by atomic mass is 9.89. The van der Waals surface area contributed by atoms with E-state index in [1.54, 1.807) is 5.48 Å². The summed E-state index contributed by atoms with van der Waals surface area (Å²) in [5.74, 6) is 2.38. The molecule has 3 atom stereocenters. The smallest absolute Gasteiger partial charge is 0.277 e. The van der Waals surface area contributed by atoms with Crippen molar-refractivity contribution < 1.29 is 10.0 Å². The van der Waals surface area contributed by atoms with Crippen LogP contribution in [0, 0.1) is 17.8 Å². The summed E-state index contributed by atoms with van der Waals surface area (Å²) in [6.07, 6.45) is 9.91. The molecule has 2 aliphatic carbocycles. The zero-order valence-electron chi connectivity index (χ0n) is 13.8. The topological polar surface area (TPSA) is 90.4 Å². The van der Waals surface area contributed by atoms with Gasteiger partial charge in [-0.3, -0.25) is 10.0 Å². The first-order chi connectivity index (χ1) is 11.8. The third-order valence-corrected chi connectivity index (χ3v) is 5.85. The summed E-state index contributed by atoms with van der Waals surface area (Å²) in [5, 5.41) is 12.4. The molecule has 1 saturated heterocycles. The Kier molecular flexibility index (Phi) is 4.37. The normalized spacial score (nSPS) is 29.4. The standard InChI is InChI=1S/C17H25N5O2/c23-16(21-24)12-7-19-17(20-8-12)22-9-13-14(10-22)15(13)18-6-11-4-2-1-3-5-11/h7-8,11,13-15,18,24H,1-6,9-10H2,(H,21,23)/t13-,14+,15?. The predicted molar refractivity (Wildman–Crippen MR) is 88.8 cm³/mol. The molecule has 0 bridgehead atoms. The van der Waals surface area contributed by atoms with E-state index in [9.17, 15) is 4.79 Å². The number of aromatic nitrogens is 2. The van der Waals surface area contributed by atoms with Gasteiger partial charge in [-0.15, -0.1) is 0 Å². The highest BCUT2D eigenvalue weighted by molar-refractivity contribution is 5.92. The van der Waals surface area contributed by atoms with Crippen molar-refractivity contribution in [3.63, 3.8) is 0 Å². The number of amides is 1. The zero-order valence-corrected chi connectivity index (χ0v) is 13.8. The zero-order chi connectivity index (χ0) is 16.5. The molecule has 1 unspecified atom stereocenters. The van der Waals surface area contributed by atoms with E-state index < -0.39 is 5.91 Å². The first-order valence-electron chi connectivity index (χ1n) is 9.01. The average Bonchev–Trinajstić information content (AvgIpc) is 3.09. The van der Waals surface area contributed by atoms with Crippen LogP contribution in [-0.2, 0) is 0 Å². The maximum Gasteiger partial charge on any atom is 0.277 e. The van der Waals surface area contributed by atoms with Crippen molar-refractivity contribution in [2.24, 2.45) is 17.8 Å². The Morgan fingerprint density at radius 1 is 1.17 bits per heavy atom. The first-order valence-corrected chi connectivity index (χ1v) is 9.01. The van der Waals surface area contributed by atoms with Crippen molar-refractivity contribution in [1.82, 2.24) is 20.8 Å². The number of carbonyl (C=O) groups is 1. The first kappa shape index (κ1) is 15.8. The molecule has 0 radical (unpaired) electrons. The molecule has 4 rings (SSSR count). The number of anilines is 1. The monoisotopic (exact) mass is 331 g/mol. The van der Waals surface area contributed by atoms with Gasteiger partial charge in [-0.25, -0.2) is 15.4 Å². The van der Waals surface area contributed by atoms with Gasteiger partial charge in [0.05, 0.1) is 5.56 Å². The molecule has 24 heavy (non-hydrogen) atoms. The molecule has 0 spiro atoms. The molecule has 3 fully saturated rings. The van der Waals surface area contributed by atoms with Crippen molar-refractivity contribution in [3.8, 4) is 0 Å². The molecule has 3 N–H and O–H groups in total. The van der Waals surface area contributed by atoms with E-state index in [4.69, 9.17) is 5.21 Å². The van der Waals surface area contributed by atoms with E-state index in [0.717, 1.165) is 19.0 Å². The third-order valence-electron chi connectivity index (χ3n) is 5.85. The molecule has 1 aromatic rings. The predicted octanol–water partition coefficient (Wildman–Crippen LogP) is 1.20. The lowest BCUT2D eigenvalue weighted by Gasteiger charge is -2.24. The summed E-state index contributed by atoms with van der Waals surface area (Å²) in [6.45, 7) is 3.15. The van der Waals surface area contributed by atoms with Gasteiger partial charge >= 0.3 is 0 Å². The van der Waals surface area contributed by atoms with E-state index in [0.29, 0.717) is 23.8 Å². The Labute approximate surface area is 141 Å². The maximum atomic E-state index is 11.3. The number of hydrogen-bond acceptors (Lipinski definition) is 6. The summed E-state index contributed by atoms with van der Waals surface area (Å²) in [4.78, 5) is 22.0. The molecule has 0 aromatic carbocycles. The number of hydrogen-bond donors (Lipinski definition) is 3. The highest BCUT2D eigenvalue weighted by atomic mass is 16.5. The summed E-state index contributed by atoms with van der Waals surface area (Å²) >= 11 is 0. The Morgan fingerprint density at radius 2 is 1.83 bits per heavy atom. The molecule has 3 aliphatic rings. The maximum absolute atomic E-state index is 11.3. The molecule has 7 nitrogen and oxygen atoms in total. The van der Waals surface area contributed by atoms with Crippen LogP contribution in [0.4, 0.5) is 5.95 Å². The highest BCUT2D eigenvalue weighted by Gasteiger charge is 2.56. The Balaban J connectivity index is 1.25. The second-order valence-corrected chi connectivity index (χ2v) is 7.38. The molecule has 7 heteroatoms. The third kappa shape index (κ3) is 3.10. The Hall–Kier alpha value is -1.73. The fourth-order valence-corrected chi connectivity index (χ4v) is 4.35. The Morgan fingerprint density at radius 3 is 2.46 bits per heavy atom.